The van der Waals surface area contributed by atoms with E-state index in [1.165, 1.54) is 23.9 Å². The number of nitrogens with zero attached hydrogens (tertiary/aromatic N) is 3. The van der Waals surface area contributed by atoms with Gasteiger partial charge >= 0.3 is 0 Å². The molecule has 23 heavy (non-hydrogen) atoms. The van der Waals surface area contributed by atoms with E-state index in [2.05, 4.69) is 26.1 Å². The average molecular weight is 335 g/mol. The number of halogens is 1. The summed E-state index contributed by atoms with van der Waals surface area (Å²) in [4.78, 5) is 0. The Labute approximate surface area is 135 Å². The van der Waals surface area contributed by atoms with Crippen molar-refractivity contribution >= 4 is 17.6 Å². The highest BCUT2D eigenvalue weighted by molar-refractivity contribution is 8.00. The summed E-state index contributed by atoms with van der Waals surface area (Å²) >= 11 is 1.53. The van der Waals surface area contributed by atoms with Crippen molar-refractivity contribution in [3.05, 3.63) is 40.8 Å². The van der Waals surface area contributed by atoms with Gasteiger partial charge in [0.05, 0.1) is 6.04 Å². The van der Waals surface area contributed by atoms with Crippen molar-refractivity contribution in [1.82, 2.24) is 20.9 Å². The van der Waals surface area contributed by atoms with E-state index in [-0.39, 0.29) is 17.7 Å². The van der Waals surface area contributed by atoms with E-state index in [0.29, 0.717) is 16.0 Å². The van der Waals surface area contributed by atoms with Crippen LogP contribution in [0.3, 0.4) is 0 Å². The summed E-state index contributed by atoms with van der Waals surface area (Å²) < 4.78 is 18.1. The van der Waals surface area contributed by atoms with Crippen LogP contribution >= 0.6 is 11.8 Å². The monoisotopic (exact) mass is 335 g/mol. The lowest BCUT2D eigenvalue weighted by molar-refractivity contribution is 0.296. The summed E-state index contributed by atoms with van der Waals surface area (Å²) in [5.74, 6) is -0.101. The van der Waals surface area contributed by atoms with Gasteiger partial charge < -0.3 is 15.8 Å². The standard InChI is InChI=1S/C14H14FN5O2S/c15-8-2-1-7-3-11(10(7)4-8)17-13(18-21)12-14(20-22-19-12)23-9-5-16-6-9/h1-2,4,9,11,16,21H,3,5-6H2,(H,17,18). The zero-order valence-corrected chi connectivity index (χ0v) is 12.8. The first-order chi connectivity index (χ1) is 11.2. The lowest BCUT2D eigenvalue weighted by Crippen LogP contribution is -2.44. The van der Waals surface area contributed by atoms with Crippen LogP contribution in [0.2, 0.25) is 0 Å². The van der Waals surface area contributed by atoms with Gasteiger partial charge in [0, 0.05) is 18.3 Å². The van der Waals surface area contributed by atoms with Gasteiger partial charge in [0.2, 0.25) is 0 Å². The zero-order chi connectivity index (χ0) is 15.8. The molecule has 1 atom stereocenters. The van der Waals surface area contributed by atoms with E-state index in [1.807, 2.05) is 0 Å². The summed E-state index contributed by atoms with van der Waals surface area (Å²) in [5, 5.41) is 27.5. The molecule has 7 nitrogen and oxygen atoms in total. The maximum absolute atomic E-state index is 13.3. The van der Waals surface area contributed by atoms with Crippen molar-refractivity contribution in [1.29, 1.82) is 0 Å². The molecule has 120 valence electrons. The van der Waals surface area contributed by atoms with Gasteiger partial charge in [-0.1, -0.05) is 23.0 Å². The number of oxime groups is 1. The van der Waals surface area contributed by atoms with Crippen LogP contribution in [0.15, 0.2) is 33.0 Å². The number of amidine groups is 1. The van der Waals surface area contributed by atoms with Gasteiger partial charge in [0.15, 0.2) is 16.6 Å². The van der Waals surface area contributed by atoms with Gasteiger partial charge in [0.1, 0.15) is 5.82 Å². The van der Waals surface area contributed by atoms with Gasteiger partial charge in [-0.3, -0.25) is 0 Å². The lowest BCUT2D eigenvalue weighted by Gasteiger charge is -2.31. The fourth-order valence-corrected chi connectivity index (χ4v) is 3.66. The number of rotatable bonds is 4. The SMILES string of the molecule is O/N=C(/NC1Cc2ccc(F)cc21)c1nonc1SC1CNC1. The molecule has 2 aliphatic rings. The van der Waals surface area contributed by atoms with Crippen molar-refractivity contribution in [2.24, 2.45) is 5.16 Å². The molecule has 1 aromatic heterocycles. The van der Waals surface area contributed by atoms with E-state index in [4.69, 9.17) is 4.63 Å². The Bertz CT molecular complexity index is 761. The molecule has 1 unspecified atom stereocenters. The van der Waals surface area contributed by atoms with Crippen LogP contribution in [0, 0.1) is 5.82 Å². The number of nitrogens with one attached hydrogen (secondary N) is 2. The third-order valence-corrected chi connectivity index (χ3v) is 5.18. The summed E-state index contributed by atoms with van der Waals surface area (Å²) in [6, 6.07) is 4.58. The molecule has 3 N–H and O–H groups in total. The van der Waals surface area contributed by atoms with Crippen molar-refractivity contribution < 1.29 is 14.2 Å². The fraction of sp³-hybridized carbons (Fsp3) is 0.357. The Hall–Kier alpha value is -2.13. The minimum absolute atomic E-state index is 0.119. The molecule has 1 aliphatic carbocycles. The van der Waals surface area contributed by atoms with Crippen LogP contribution in [0.25, 0.3) is 0 Å². The molecule has 9 heteroatoms. The Balaban J connectivity index is 1.51. The maximum atomic E-state index is 13.3. The van der Waals surface area contributed by atoms with E-state index in [9.17, 15) is 9.60 Å². The number of benzene rings is 1. The van der Waals surface area contributed by atoms with Crippen molar-refractivity contribution in [2.75, 3.05) is 13.1 Å². The molecule has 0 amide bonds. The average Bonchev–Trinajstić information content (AvgIpc) is 2.95. The summed E-state index contributed by atoms with van der Waals surface area (Å²) in [7, 11) is 0. The van der Waals surface area contributed by atoms with Crippen molar-refractivity contribution in [2.45, 2.75) is 22.7 Å². The van der Waals surface area contributed by atoms with E-state index < -0.39 is 0 Å². The Morgan fingerprint density at radius 2 is 2.30 bits per heavy atom. The zero-order valence-electron chi connectivity index (χ0n) is 12.0. The molecule has 0 saturated carbocycles. The molecule has 0 spiro atoms. The predicted molar refractivity (Wildman–Crippen MR) is 81.1 cm³/mol. The highest BCUT2D eigenvalue weighted by Crippen LogP contribution is 2.34. The summed E-state index contributed by atoms with van der Waals surface area (Å²) in [6.45, 7) is 1.79. The van der Waals surface area contributed by atoms with E-state index in [1.54, 1.807) is 6.07 Å². The third-order valence-electron chi connectivity index (χ3n) is 4.02. The second-order valence-electron chi connectivity index (χ2n) is 5.51. The molecule has 1 saturated heterocycles. The van der Waals surface area contributed by atoms with E-state index >= 15 is 0 Å². The van der Waals surface area contributed by atoms with Crippen molar-refractivity contribution in [3.8, 4) is 0 Å². The highest BCUT2D eigenvalue weighted by Gasteiger charge is 2.30. The van der Waals surface area contributed by atoms with Crippen LogP contribution in [-0.2, 0) is 6.42 Å². The van der Waals surface area contributed by atoms with Gasteiger partial charge in [-0.15, -0.1) is 0 Å². The lowest BCUT2D eigenvalue weighted by atomic mass is 9.83. The number of aromatic nitrogens is 2. The molecule has 0 radical (unpaired) electrons. The molecule has 1 aliphatic heterocycles. The molecule has 0 bridgehead atoms. The topological polar surface area (TPSA) is 95.6 Å². The minimum atomic E-state index is -0.283. The second kappa shape index (κ2) is 5.82. The van der Waals surface area contributed by atoms with Gasteiger partial charge in [-0.25, -0.2) is 9.02 Å². The smallest absolute Gasteiger partial charge is 0.198 e. The van der Waals surface area contributed by atoms with E-state index in [0.717, 1.165) is 30.6 Å². The number of hydrogen-bond acceptors (Lipinski definition) is 7. The molecular weight excluding hydrogens is 321 g/mol. The van der Waals surface area contributed by atoms with Crippen LogP contribution in [0.5, 0.6) is 0 Å². The Morgan fingerprint density at radius 1 is 1.43 bits per heavy atom. The quantitative estimate of drug-likeness (QED) is 0.335. The third kappa shape index (κ3) is 2.66. The highest BCUT2D eigenvalue weighted by atomic mass is 32.2. The van der Waals surface area contributed by atoms with Crippen LogP contribution in [-0.4, -0.2) is 39.7 Å². The summed E-state index contributed by atoms with van der Waals surface area (Å²) in [5.41, 5.74) is 2.31. The first-order valence-corrected chi connectivity index (χ1v) is 8.10. The number of hydrogen-bond donors (Lipinski definition) is 3. The largest absolute Gasteiger partial charge is 0.409 e. The molecule has 1 fully saturated rings. The molecular formula is C14H14FN5O2S. The summed E-state index contributed by atoms with van der Waals surface area (Å²) in [6.07, 6.45) is 0.731. The molecule has 1 aromatic carbocycles. The fourth-order valence-electron chi connectivity index (χ4n) is 2.62. The maximum Gasteiger partial charge on any atom is 0.198 e. The molecule has 2 aromatic rings. The second-order valence-corrected chi connectivity index (χ2v) is 6.80. The van der Waals surface area contributed by atoms with Gasteiger partial charge in [-0.2, -0.15) is 0 Å². The van der Waals surface area contributed by atoms with Crippen molar-refractivity contribution in [3.63, 3.8) is 0 Å². The predicted octanol–water partition coefficient (Wildman–Crippen LogP) is 1.30. The first kappa shape index (κ1) is 14.5. The van der Waals surface area contributed by atoms with Crippen LogP contribution < -0.4 is 10.6 Å². The first-order valence-electron chi connectivity index (χ1n) is 7.22. The Morgan fingerprint density at radius 3 is 3.04 bits per heavy atom. The minimum Gasteiger partial charge on any atom is -0.409 e. The molecule has 2 heterocycles. The van der Waals surface area contributed by atoms with Gasteiger partial charge in [-0.05, 0) is 40.0 Å². The number of thioether (sulfide) groups is 1. The molecule has 4 rings (SSSR count). The van der Waals surface area contributed by atoms with Crippen LogP contribution in [0.4, 0.5) is 4.39 Å². The normalized spacial score (nSPS) is 20.6. The van der Waals surface area contributed by atoms with Gasteiger partial charge in [0.25, 0.3) is 0 Å². The Kier molecular flexibility index (Phi) is 3.66. The van der Waals surface area contributed by atoms with Crippen LogP contribution in [0.1, 0.15) is 22.9 Å². The number of fused-ring (bicyclic) bond motifs is 1.